The zero-order chi connectivity index (χ0) is 47.1. The Balaban J connectivity index is 0.000000238. The van der Waals surface area contributed by atoms with Crippen LogP contribution in [0.15, 0.2) is 42.6 Å². The lowest BCUT2D eigenvalue weighted by Gasteiger charge is -2.24. The van der Waals surface area contributed by atoms with Crippen molar-refractivity contribution in [1.29, 1.82) is 0 Å². The van der Waals surface area contributed by atoms with E-state index in [2.05, 4.69) is 22.6 Å². The number of ether oxygens (including phenoxy) is 4. The number of carbonyl (C=O) groups excluding carboxylic acids is 6. The van der Waals surface area contributed by atoms with Gasteiger partial charge >= 0.3 is 24.4 Å². The molecule has 0 spiro atoms. The molecule has 6 rings (SSSR count). The second-order valence-corrected chi connectivity index (χ2v) is 21.4. The Morgan fingerprint density at radius 3 is 1.37 bits per heavy atom. The summed E-state index contributed by atoms with van der Waals surface area (Å²) in [5, 5.41) is 1.67. The summed E-state index contributed by atoms with van der Waals surface area (Å²) >= 11 is 2.10. The number of hydrogen-bond donors (Lipinski definition) is 0. The molecule has 2 atom stereocenters. The van der Waals surface area contributed by atoms with Gasteiger partial charge in [-0.15, -0.1) is 0 Å². The number of ketones is 2. The summed E-state index contributed by atoms with van der Waals surface area (Å²) < 4.78 is 25.7. The third-order valence-electron chi connectivity index (χ3n) is 10.3. The van der Waals surface area contributed by atoms with Gasteiger partial charge in [0.1, 0.15) is 22.4 Å². The number of nitrogens with zero attached hydrogens (tertiary/aromatic N) is 4. The van der Waals surface area contributed by atoms with E-state index in [4.69, 9.17) is 18.9 Å². The molecule has 2 amide bonds. The van der Waals surface area contributed by atoms with Crippen molar-refractivity contribution in [3.63, 3.8) is 0 Å². The number of aromatic nitrogens is 2. The van der Waals surface area contributed by atoms with E-state index in [0.29, 0.717) is 52.0 Å². The third kappa shape index (κ3) is 12.0. The Morgan fingerprint density at radius 1 is 0.540 bits per heavy atom. The van der Waals surface area contributed by atoms with Gasteiger partial charge in [0.25, 0.3) is 0 Å². The van der Waals surface area contributed by atoms with Crippen molar-refractivity contribution in [2.45, 2.75) is 144 Å². The van der Waals surface area contributed by atoms with Crippen LogP contribution in [0.25, 0.3) is 21.8 Å². The SMILES string of the molecule is CC(=O)c1ccc(C2CCN(C(=O)OC(C)(C)C)C2)c2cc(I)n(C(=O)OC(C)(C)C)c12.CC(=O)c1ccc(C2CCN(C(=O)OC(C)(C)C)C2)c2ccn(C(=O)OC(C)(C)C)c12. The minimum atomic E-state index is -0.663. The Bertz CT molecular complexity index is 2440. The second kappa shape index (κ2) is 18.3. The Morgan fingerprint density at radius 2 is 0.937 bits per heavy atom. The largest absolute Gasteiger partial charge is 0.444 e. The molecule has 0 aliphatic carbocycles. The quantitative estimate of drug-likeness (QED) is 0.110. The number of hydrogen-bond acceptors (Lipinski definition) is 10. The molecule has 0 saturated carbocycles. The van der Waals surface area contributed by atoms with Crippen LogP contribution in [0.2, 0.25) is 0 Å². The van der Waals surface area contributed by atoms with Gasteiger partial charge in [-0.25, -0.2) is 23.7 Å². The molecule has 2 unspecified atom stereocenters. The first kappa shape index (κ1) is 49.1. The van der Waals surface area contributed by atoms with Gasteiger partial charge in [0, 0.05) is 66.1 Å². The van der Waals surface area contributed by atoms with Crippen LogP contribution in [0.4, 0.5) is 19.2 Å². The number of Topliss-reactive ketones (excluding diaryl/α,β-unsaturated/α-hetero) is 2. The van der Waals surface area contributed by atoms with Gasteiger partial charge in [-0.3, -0.25) is 14.2 Å². The van der Waals surface area contributed by atoms with Crippen molar-refractivity contribution in [3.8, 4) is 0 Å². The minimum absolute atomic E-state index is 0.0799. The number of halogens is 1. The van der Waals surface area contributed by atoms with Crippen LogP contribution in [0.3, 0.4) is 0 Å². The zero-order valence-electron chi connectivity index (χ0n) is 39.2. The summed E-state index contributed by atoms with van der Waals surface area (Å²) in [4.78, 5) is 78.9. The second-order valence-electron chi connectivity index (χ2n) is 20.3. The van der Waals surface area contributed by atoms with E-state index >= 15 is 0 Å². The predicted molar refractivity (Wildman–Crippen MR) is 250 cm³/mol. The van der Waals surface area contributed by atoms with Gasteiger partial charge in [0.05, 0.1) is 14.7 Å². The van der Waals surface area contributed by atoms with Crippen LogP contribution in [-0.4, -0.2) is 103 Å². The topological polar surface area (TPSA) is 156 Å². The maximum atomic E-state index is 13.0. The highest BCUT2D eigenvalue weighted by atomic mass is 127. The lowest BCUT2D eigenvalue weighted by Crippen LogP contribution is -2.35. The Kier molecular flexibility index (Phi) is 14.2. The summed E-state index contributed by atoms with van der Waals surface area (Å²) in [6.07, 6.45) is 1.53. The van der Waals surface area contributed by atoms with E-state index in [1.165, 1.54) is 23.0 Å². The van der Waals surface area contributed by atoms with Gasteiger partial charge in [0.2, 0.25) is 0 Å². The smallest absolute Gasteiger partial charge is 0.419 e. The summed E-state index contributed by atoms with van der Waals surface area (Å²) in [5.74, 6) is -0.0775. The van der Waals surface area contributed by atoms with E-state index in [1.807, 2.05) is 86.6 Å². The lowest BCUT2D eigenvalue weighted by atomic mass is 9.93. The molecule has 2 fully saturated rings. The van der Waals surface area contributed by atoms with Crippen LogP contribution < -0.4 is 0 Å². The number of carbonyl (C=O) groups is 6. The standard InChI is InChI=1S/C24H31IN2O5.C24H32N2O5/c1-14(28)16-8-9-17(15-10-11-26(13-15)21(29)31-23(2,3)4)18-12-19(25)27(20(16)18)22(30)32-24(5,6)7;1-15(27)17-8-9-18(16-10-12-25(14-16)21(28)30-23(2,3)4)19-11-13-26(20(17)19)22(29)31-24(5,6)7/h8-9,12,15H,10-11,13H2,1-7H3;8-9,11,13,16H,10,12,14H2,1-7H3. The van der Waals surface area contributed by atoms with Crippen LogP contribution in [-0.2, 0) is 18.9 Å². The molecule has 4 heterocycles. The highest BCUT2D eigenvalue weighted by molar-refractivity contribution is 14.1. The summed E-state index contributed by atoms with van der Waals surface area (Å²) in [7, 11) is 0. The molecule has 2 aliphatic rings. The first-order valence-electron chi connectivity index (χ1n) is 21.4. The molecule has 4 aromatic rings. The zero-order valence-corrected chi connectivity index (χ0v) is 41.3. The first-order valence-corrected chi connectivity index (χ1v) is 22.4. The van der Waals surface area contributed by atoms with Gasteiger partial charge < -0.3 is 28.7 Å². The van der Waals surface area contributed by atoms with Crippen LogP contribution in [0.1, 0.15) is 153 Å². The molecular formula is C48H63IN4O10. The fourth-order valence-electron chi connectivity index (χ4n) is 7.83. The maximum Gasteiger partial charge on any atom is 0.419 e. The highest BCUT2D eigenvalue weighted by Gasteiger charge is 2.35. The summed E-state index contributed by atoms with van der Waals surface area (Å²) in [6, 6.07) is 11.2. The average Bonchev–Trinajstić information content (AvgIpc) is 3.93. The van der Waals surface area contributed by atoms with Crippen molar-refractivity contribution in [2.75, 3.05) is 26.2 Å². The summed E-state index contributed by atoms with van der Waals surface area (Å²) in [5.41, 5.74) is 1.66. The van der Waals surface area contributed by atoms with Crippen molar-refractivity contribution in [2.24, 2.45) is 0 Å². The lowest BCUT2D eigenvalue weighted by molar-refractivity contribution is 0.0282. The van der Waals surface area contributed by atoms with Gasteiger partial charge in [-0.1, -0.05) is 12.1 Å². The molecule has 342 valence electrons. The first-order chi connectivity index (χ1) is 28.9. The normalized spacial score (nSPS) is 17.1. The molecule has 2 aliphatic heterocycles. The van der Waals surface area contributed by atoms with Crippen LogP contribution >= 0.6 is 22.6 Å². The van der Waals surface area contributed by atoms with Gasteiger partial charge in [-0.2, -0.15) is 0 Å². The van der Waals surface area contributed by atoms with Crippen molar-refractivity contribution in [1.82, 2.24) is 18.9 Å². The Hall–Kier alpha value is -4.93. The Labute approximate surface area is 384 Å². The molecule has 2 saturated heterocycles. The number of rotatable bonds is 4. The molecule has 63 heavy (non-hydrogen) atoms. The monoisotopic (exact) mass is 982 g/mol. The molecule has 0 bridgehead atoms. The third-order valence-corrected chi connectivity index (χ3v) is 11.1. The minimum Gasteiger partial charge on any atom is -0.444 e. The number of likely N-dealkylation sites (tertiary alicyclic amines) is 2. The van der Waals surface area contributed by atoms with E-state index < -0.39 is 34.6 Å². The summed E-state index contributed by atoms with van der Waals surface area (Å²) in [6.45, 7) is 27.2. The van der Waals surface area contributed by atoms with Crippen LogP contribution in [0.5, 0.6) is 0 Å². The van der Waals surface area contributed by atoms with Crippen molar-refractivity contribution in [3.05, 3.63) is 68.5 Å². The number of fused-ring (bicyclic) bond motifs is 2. The van der Waals surface area contributed by atoms with Crippen molar-refractivity contribution < 1.29 is 47.7 Å². The fourth-order valence-corrected chi connectivity index (χ4v) is 8.58. The van der Waals surface area contributed by atoms with E-state index in [1.54, 1.807) is 48.9 Å². The number of amides is 2. The molecule has 0 radical (unpaired) electrons. The van der Waals surface area contributed by atoms with E-state index in [0.717, 1.165) is 34.7 Å². The molecule has 15 heteroatoms. The molecule has 2 aromatic heterocycles. The predicted octanol–water partition coefficient (Wildman–Crippen LogP) is 11.3. The van der Waals surface area contributed by atoms with Gasteiger partial charge in [-0.05, 0) is 168 Å². The van der Waals surface area contributed by atoms with E-state index in [-0.39, 0.29) is 35.6 Å². The molecule has 2 aromatic carbocycles. The molecular weight excluding hydrogens is 919 g/mol. The highest BCUT2D eigenvalue weighted by Crippen LogP contribution is 2.38. The fraction of sp³-hybridized carbons (Fsp3) is 0.542. The van der Waals surface area contributed by atoms with Crippen LogP contribution in [0, 0.1) is 3.70 Å². The average molecular weight is 983 g/mol. The van der Waals surface area contributed by atoms with E-state index in [9.17, 15) is 28.8 Å². The molecule has 14 nitrogen and oxygen atoms in total. The molecule has 0 N–H and O–H groups in total. The maximum absolute atomic E-state index is 13.0. The number of benzene rings is 2. The van der Waals surface area contributed by atoms with Gasteiger partial charge in [0.15, 0.2) is 11.6 Å². The van der Waals surface area contributed by atoms with Crippen molar-refractivity contribution >= 4 is 80.3 Å².